The molecule has 2 heterocycles. The van der Waals surface area contributed by atoms with E-state index in [4.69, 9.17) is 0 Å². The van der Waals surface area contributed by atoms with Gasteiger partial charge in [0.25, 0.3) is 5.69 Å². The summed E-state index contributed by atoms with van der Waals surface area (Å²) >= 11 is 0. The van der Waals surface area contributed by atoms with Crippen LogP contribution < -0.4 is 9.80 Å². The van der Waals surface area contributed by atoms with Crippen molar-refractivity contribution < 1.29 is 18.1 Å². The summed E-state index contributed by atoms with van der Waals surface area (Å²) in [7, 11) is 0. The maximum Gasteiger partial charge on any atom is 0.416 e. The van der Waals surface area contributed by atoms with Gasteiger partial charge in [-0.15, -0.1) is 0 Å². The molecule has 0 amide bonds. The molecule has 0 saturated carbocycles. The van der Waals surface area contributed by atoms with E-state index in [0.717, 1.165) is 6.07 Å². The smallest absolute Gasteiger partial charge is 0.362 e. The zero-order valence-electron chi connectivity index (χ0n) is 13.0. The Balaban J connectivity index is 1.80. The van der Waals surface area contributed by atoms with Gasteiger partial charge in [0.05, 0.1) is 16.7 Å². The van der Waals surface area contributed by atoms with Crippen LogP contribution in [0.25, 0.3) is 0 Å². The molecule has 1 aliphatic heterocycles. The number of nitro groups is 1. The van der Waals surface area contributed by atoms with Crippen LogP contribution in [0.1, 0.15) is 5.56 Å². The van der Waals surface area contributed by atoms with E-state index in [1.807, 2.05) is 4.90 Å². The fourth-order valence-corrected chi connectivity index (χ4v) is 2.74. The highest BCUT2D eigenvalue weighted by molar-refractivity contribution is 5.65. The SMILES string of the molecule is O=[N+]([O-])c1cc(C(F)(F)F)ccc1N1CCN(c2cnccn2)CC1. The highest BCUT2D eigenvalue weighted by Crippen LogP contribution is 2.36. The number of anilines is 2. The van der Waals surface area contributed by atoms with Gasteiger partial charge in [-0.3, -0.25) is 15.1 Å². The average Bonchev–Trinajstić information content (AvgIpc) is 2.61. The summed E-state index contributed by atoms with van der Waals surface area (Å²) in [6.07, 6.45) is 0.137. The van der Waals surface area contributed by atoms with Gasteiger partial charge in [-0.05, 0) is 12.1 Å². The summed E-state index contributed by atoms with van der Waals surface area (Å²) < 4.78 is 38.4. The standard InChI is InChI=1S/C15H14F3N5O2/c16-15(17,18)11-1-2-12(13(9-11)23(24)25)21-5-7-22(8-6-21)14-10-19-3-4-20-14/h1-4,9-10H,5-8H2. The minimum Gasteiger partial charge on any atom is -0.362 e. The number of piperazine rings is 1. The summed E-state index contributed by atoms with van der Waals surface area (Å²) in [4.78, 5) is 22.3. The molecule has 1 saturated heterocycles. The minimum atomic E-state index is -4.62. The third kappa shape index (κ3) is 3.62. The van der Waals surface area contributed by atoms with Crippen LogP contribution in [0.2, 0.25) is 0 Å². The number of aromatic nitrogens is 2. The predicted molar refractivity (Wildman–Crippen MR) is 84.6 cm³/mol. The number of hydrogen-bond acceptors (Lipinski definition) is 6. The molecule has 3 rings (SSSR count). The molecule has 0 radical (unpaired) electrons. The lowest BCUT2D eigenvalue weighted by molar-refractivity contribution is -0.384. The van der Waals surface area contributed by atoms with E-state index < -0.39 is 22.4 Å². The molecule has 1 aliphatic rings. The third-order valence-electron chi connectivity index (χ3n) is 3.99. The second kappa shape index (κ2) is 6.54. The summed E-state index contributed by atoms with van der Waals surface area (Å²) in [6, 6.07) is 2.63. The van der Waals surface area contributed by atoms with Crippen molar-refractivity contribution >= 4 is 17.2 Å². The van der Waals surface area contributed by atoms with Crippen LogP contribution in [0, 0.1) is 10.1 Å². The van der Waals surface area contributed by atoms with Crippen LogP contribution in [0.4, 0.5) is 30.4 Å². The first kappa shape index (κ1) is 16.9. The molecule has 25 heavy (non-hydrogen) atoms. The van der Waals surface area contributed by atoms with E-state index in [2.05, 4.69) is 9.97 Å². The first-order chi connectivity index (χ1) is 11.9. The maximum absolute atomic E-state index is 12.8. The zero-order chi connectivity index (χ0) is 18.0. The number of nitro benzene ring substituents is 1. The van der Waals surface area contributed by atoms with Gasteiger partial charge in [-0.25, -0.2) is 4.98 Å². The van der Waals surface area contributed by atoms with Gasteiger partial charge in [-0.1, -0.05) is 0 Å². The van der Waals surface area contributed by atoms with Gasteiger partial charge in [0.1, 0.15) is 11.5 Å². The molecule has 1 fully saturated rings. The lowest BCUT2D eigenvalue weighted by Gasteiger charge is -2.36. The van der Waals surface area contributed by atoms with E-state index in [9.17, 15) is 23.3 Å². The minimum absolute atomic E-state index is 0.191. The number of hydrogen-bond donors (Lipinski definition) is 0. The molecule has 0 N–H and O–H groups in total. The fraction of sp³-hybridized carbons (Fsp3) is 0.333. The molecule has 1 aromatic carbocycles. The van der Waals surface area contributed by atoms with Crippen molar-refractivity contribution in [2.45, 2.75) is 6.18 Å². The van der Waals surface area contributed by atoms with E-state index in [-0.39, 0.29) is 5.69 Å². The van der Waals surface area contributed by atoms with Crippen LogP contribution in [0.15, 0.2) is 36.8 Å². The third-order valence-corrected chi connectivity index (χ3v) is 3.99. The normalized spacial score (nSPS) is 15.3. The maximum atomic E-state index is 12.8. The number of nitrogens with zero attached hydrogens (tertiary/aromatic N) is 5. The number of benzene rings is 1. The molecule has 0 atom stereocenters. The van der Waals surface area contributed by atoms with E-state index in [1.54, 1.807) is 23.5 Å². The lowest BCUT2D eigenvalue weighted by Crippen LogP contribution is -2.47. The molecule has 0 bridgehead atoms. The largest absolute Gasteiger partial charge is 0.416 e. The average molecular weight is 353 g/mol. The predicted octanol–water partition coefficient (Wildman–Crippen LogP) is 2.73. The Morgan fingerprint density at radius 2 is 1.76 bits per heavy atom. The summed E-state index contributed by atoms with van der Waals surface area (Å²) in [5.41, 5.74) is -1.37. The van der Waals surface area contributed by atoms with Gasteiger partial charge in [0.15, 0.2) is 0 Å². The molecule has 1 aromatic heterocycles. The molecule has 0 unspecified atom stereocenters. The van der Waals surface area contributed by atoms with Crippen molar-refractivity contribution in [3.8, 4) is 0 Å². The zero-order valence-corrected chi connectivity index (χ0v) is 13.0. The molecule has 2 aromatic rings. The van der Waals surface area contributed by atoms with Crippen molar-refractivity contribution in [2.75, 3.05) is 36.0 Å². The fourth-order valence-electron chi connectivity index (χ4n) is 2.74. The Kier molecular flexibility index (Phi) is 4.43. The Labute approximate surface area is 140 Å². The molecule has 0 spiro atoms. The highest BCUT2D eigenvalue weighted by Gasteiger charge is 2.34. The summed E-state index contributed by atoms with van der Waals surface area (Å²) in [5.74, 6) is 0.698. The van der Waals surface area contributed by atoms with Gasteiger partial charge in [0.2, 0.25) is 0 Å². The first-order valence-electron chi connectivity index (χ1n) is 7.48. The van der Waals surface area contributed by atoms with Crippen molar-refractivity contribution in [1.82, 2.24) is 9.97 Å². The Morgan fingerprint density at radius 1 is 1.08 bits per heavy atom. The summed E-state index contributed by atoms with van der Waals surface area (Å²) in [5, 5.41) is 11.2. The molecular weight excluding hydrogens is 339 g/mol. The number of halogens is 3. The van der Waals surface area contributed by atoms with Crippen LogP contribution in [0.5, 0.6) is 0 Å². The topological polar surface area (TPSA) is 75.4 Å². The summed E-state index contributed by atoms with van der Waals surface area (Å²) in [6.45, 7) is 1.94. The van der Waals surface area contributed by atoms with Gasteiger partial charge in [0, 0.05) is 44.6 Å². The monoisotopic (exact) mass is 353 g/mol. The van der Waals surface area contributed by atoms with E-state index in [1.165, 1.54) is 6.07 Å². The van der Waals surface area contributed by atoms with Gasteiger partial charge < -0.3 is 9.80 Å². The molecule has 0 aliphatic carbocycles. The number of rotatable bonds is 3. The van der Waals surface area contributed by atoms with Crippen LogP contribution >= 0.6 is 0 Å². The van der Waals surface area contributed by atoms with Crippen molar-refractivity contribution in [1.29, 1.82) is 0 Å². The Bertz CT molecular complexity index is 762. The Morgan fingerprint density at radius 3 is 2.32 bits per heavy atom. The van der Waals surface area contributed by atoms with Crippen molar-refractivity contribution in [3.63, 3.8) is 0 Å². The van der Waals surface area contributed by atoms with Crippen molar-refractivity contribution in [2.24, 2.45) is 0 Å². The molecule has 132 valence electrons. The van der Waals surface area contributed by atoms with Gasteiger partial charge >= 0.3 is 6.18 Å². The highest BCUT2D eigenvalue weighted by atomic mass is 19.4. The second-order valence-corrected chi connectivity index (χ2v) is 5.50. The van der Waals surface area contributed by atoms with Crippen LogP contribution in [0.3, 0.4) is 0 Å². The second-order valence-electron chi connectivity index (χ2n) is 5.50. The van der Waals surface area contributed by atoms with Crippen LogP contribution in [-0.2, 0) is 6.18 Å². The Hall–Kier alpha value is -2.91. The molecular formula is C15H14F3N5O2. The number of alkyl halides is 3. The van der Waals surface area contributed by atoms with Gasteiger partial charge in [-0.2, -0.15) is 13.2 Å². The quantitative estimate of drug-likeness (QED) is 0.624. The van der Waals surface area contributed by atoms with E-state index >= 15 is 0 Å². The molecule has 7 nitrogen and oxygen atoms in total. The van der Waals surface area contributed by atoms with Crippen molar-refractivity contribution in [3.05, 3.63) is 52.5 Å². The molecule has 10 heteroatoms. The van der Waals surface area contributed by atoms with Crippen LogP contribution in [-0.4, -0.2) is 41.1 Å². The first-order valence-corrected chi connectivity index (χ1v) is 7.48. The lowest BCUT2D eigenvalue weighted by atomic mass is 10.1. The van der Waals surface area contributed by atoms with E-state index in [0.29, 0.717) is 38.1 Å².